The minimum atomic E-state index is -0.00965. The van der Waals surface area contributed by atoms with Crippen molar-refractivity contribution in [2.75, 3.05) is 6.54 Å². The predicted molar refractivity (Wildman–Crippen MR) is 71.1 cm³/mol. The maximum absolute atomic E-state index is 11.5. The van der Waals surface area contributed by atoms with Crippen LogP contribution in [0.1, 0.15) is 65.2 Å². The van der Waals surface area contributed by atoms with E-state index >= 15 is 0 Å². The molecule has 0 N–H and O–H groups in total. The van der Waals surface area contributed by atoms with E-state index in [1.807, 2.05) is 0 Å². The molecule has 0 radical (unpaired) electrons. The summed E-state index contributed by atoms with van der Waals surface area (Å²) in [4.78, 5) is 14.2. The van der Waals surface area contributed by atoms with Crippen LogP contribution in [-0.2, 0) is 4.79 Å². The van der Waals surface area contributed by atoms with Crippen molar-refractivity contribution in [3.8, 4) is 0 Å². The summed E-state index contributed by atoms with van der Waals surface area (Å²) < 4.78 is 0. The topological polar surface area (TPSA) is 20.3 Å². The Balaban J connectivity index is 2.03. The number of nitrogens with zero attached hydrogens (tertiary/aromatic N) is 1. The lowest BCUT2D eigenvalue weighted by atomic mass is 9.74. The fourth-order valence-corrected chi connectivity index (χ4v) is 3.78. The van der Waals surface area contributed by atoms with E-state index in [4.69, 9.17) is 0 Å². The lowest BCUT2D eigenvalue weighted by Gasteiger charge is -2.39. The maximum Gasteiger partial charge on any atom is 0.127 e. The molecule has 1 aliphatic carbocycles. The SMILES string of the molecule is CCC1CCC(C)N1CC1(C=O)CCCCC1. The normalized spacial score (nSPS) is 33.8. The average molecular weight is 237 g/mol. The summed E-state index contributed by atoms with van der Waals surface area (Å²) in [5.41, 5.74) is -0.00965. The van der Waals surface area contributed by atoms with Crippen molar-refractivity contribution in [2.45, 2.75) is 77.3 Å². The Bertz CT molecular complexity index is 258. The third kappa shape index (κ3) is 2.73. The summed E-state index contributed by atoms with van der Waals surface area (Å²) in [7, 11) is 0. The third-order valence-electron chi connectivity index (χ3n) is 5.02. The monoisotopic (exact) mass is 237 g/mol. The summed E-state index contributed by atoms with van der Waals surface area (Å²) >= 11 is 0. The number of carbonyl (C=O) groups is 1. The minimum absolute atomic E-state index is 0.00965. The second kappa shape index (κ2) is 5.51. The van der Waals surface area contributed by atoms with Crippen LogP contribution < -0.4 is 0 Å². The fraction of sp³-hybridized carbons (Fsp3) is 0.933. The molecule has 2 rings (SSSR count). The molecular weight excluding hydrogens is 210 g/mol. The molecule has 17 heavy (non-hydrogen) atoms. The van der Waals surface area contributed by atoms with Crippen molar-refractivity contribution in [3.05, 3.63) is 0 Å². The minimum Gasteiger partial charge on any atom is -0.303 e. The number of hydrogen-bond acceptors (Lipinski definition) is 2. The zero-order valence-corrected chi connectivity index (χ0v) is 11.5. The van der Waals surface area contributed by atoms with Gasteiger partial charge in [0, 0.05) is 24.0 Å². The molecule has 0 spiro atoms. The molecule has 0 amide bonds. The van der Waals surface area contributed by atoms with Crippen molar-refractivity contribution in [1.82, 2.24) is 4.90 Å². The zero-order valence-electron chi connectivity index (χ0n) is 11.5. The van der Waals surface area contributed by atoms with Gasteiger partial charge in [-0.05, 0) is 39.0 Å². The molecule has 0 aromatic carbocycles. The molecule has 1 aliphatic heterocycles. The van der Waals surface area contributed by atoms with Gasteiger partial charge in [-0.1, -0.05) is 26.2 Å². The molecular formula is C15H27NO. The molecule has 1 saturated heterocycles. The van der Waals surface area contributed by atoms with Gasteiger partial charge in [0.15, 0.2) is 0 Å². The molecule has 2 nitrogen and oxygen atoms in total. The van der Waals surface area contributed by atoms with Crippen molar-refractivity contribution in [3.63, 3.8) is 0 Å². The molecule has 1 saturated carbocycles. The highest BCUT2D eigenvalue weighted by molar-refractivity contribution is 5.60. The van der Waals surface area contributed by atoms with Crippen LogP contribution in [-0.4, -0.2) is 29.8 Å². The van der Waals surface area contributed by atoms with Gasteiger partial charge in [0.2, 0.25) is 0 Å². The standard InChI is InChI=1S/C15H27NO/c1-3-14-8-7-13(2)16(14)11-15(12-17)9-5-4-6-10-15/h12-14H,3-11H2,1-2H3. The van der Waals surface area contributed by atoms with Gasteiger partial charge in [-0.15, -0.1) is 0 Å². The largest absolute Gasteiger partial charge is 0.303 e. The Morgan fingerprint density at radius 2 is 1.94 bits per heavy atom. The highest BCUT2D eigenvalue weighted by Gasteiger charge is 2.38. The maximum atomic E-state index is 11.5. The third-order valence-corrected chi connectivity index (χ3v) is 5.02. The number of likely N-dealkylation sites (tertiary alicyclic amines) is 1. The molecule has 1 heterocycles. The van der Waals surface area contributed by atoms with Crippen LogP contribution in [0.2, 0.25) is 0 Å². The van der Waals surface area contributed by atoms with Gasteiger partial charge in [-0.2, -0.15) is 0 Å². The van der Waals surface area contributed by atoms with Crippen LogP contribution in [0.4, 0.5) is 0 Å². The number of carbonyl (C=O) groups excluding carboxylic acids is 1. The summed E-state index contributed by atoms with van der Waals surface area (Å²) in [6.45, 7) is 5.64. The molecule has 2 heteroatoms. The lowest BCUT2D eigenvalue weighted by molar-refractivity contribution is -0.119. The Kier molecular flexibility index (Phi) is 4.24. The van der Waals surface area contributed by atoms with Crippen molar-refractivity contribution in [2.24, 2.45) is 5.41 Å². The van der Waals surface area contributed by atoms with E-state index < -0.39 is 0 Å². The Morgan fingerprint density at radius 1 is 1.24 bits per heavy atom. The highest BCUT2D eigenvalue weighted by atomic mass is 16.1. The zero-order chi connectivity index (χ0) is 12.3. The first-order valence-corrected chi connectivity index (χ1v) is 7.43. The van der Waals surface area contributed by atoms with Crippen molar-refractivity contribution >= 4 is 6.29 Å². The van der Waals surface area contributed by atoms with Crippen molar-refractivity contribution in [1.29, 1.82) is 0 Å². The van der Waals surface area contributed by atoms with E-state index in [9.17, 15) is 4.79 Å². The first kappa shape index (κ1) is 13.1. The molecule has 2 fully saturated rings. The first-order chi connectivity index (χ1) is 8.21. The van der Waals surface area contributed by atoms with Gasteiger partial charge in [0.1, 0.15) is 6.29 Å². The lowest BCUT2D eigenvalue weighted by Crippen LogP contribution is -2.45. The van der Waals surface area contributed by atoms with Crippen LogP contribution in [0.15, 0.2) is 0 Å². The Morgan fingerprint density at radius 3 is 2.53 bits per heavy atom. The molecule has 2 aliphatic rings. The van der Waals surface area contributed by atoms with E-state index in [-0.39, 0.29) is 5.41 Å². The van der Waals surface area contributed by atoms with Gasteiger partial charge in [-0.3, -0.25) is 4.90 Å². The van der Waals surface area contributed by atoms with E-state index in [0.717, 1.165) is 25.4 Å². The second-order valence-electron chi connectivity index (χ2n) is 6.20. The van der Waals surface area contributed by atoms with Crippen LogP contribution in [0, 0.1) is 5.41 Å². The van der Waals surface area contributed by atoms with Gasteiger partial charge < -0.3 is 4.79 Å². The molecule has 98 valence electrons. The summed E-state index contributed by atoms with van der Waals surface area (Å²) in [6.07, 6.45) is 11.2. The smallest absolute Gasteiger partial charge is 0.127 e. The Hall–Kier alpha value is -0.370. The Labute approximate surface area is 106 Å². The highest BCUT2D eigenvalue weighted by Crippen LogP contribution is 2.38. The average Bonchev–Trinajstić information content (AvgIpc) is 2.72. The number of rotatable bonds is 4. The van der Waals surface area contributed by atoms with Crippen molar-refractivity contribution < 1.29 is 4.79 Å². The first-order valence-electron chi connectivity index (χ1n) is 7.43. The predicted octanol–water partition coefficient (Wildman–Crippen LogP) is 3.40. The number of aldehydes is 1. The second-order valence-corrected chi connectivity index (χ2v) is 6.20. The van der Waals surface area contributed by atoms with Crippen LogP contribution >= 0.6 is 0 Å². The molecule has 0 aromatic rings. The van der Waals surface area contributed by atoms with Gasteiger partial charge in [0.05, 0.1) is 0 Å². The van der Waals surface area contributed by atoms with E-state index in [0.29, 0.717) is 6.04 Å². The number of hydrogen-bond donors (Lipinski definition) is 0. The van der Waals surface area contributed by atoms with E-state index in [1.54, 1.807) is 0 Å². The fourth-order valence-electron chi connectivity index (χ4n) is 3.78. The quantitative estimate of drug-likeness (QED) is 0.698. The molecule has 0 bridgehead atoms. The summed E-state index contributed by atoms with van der Waals surface area (Å²) in [5.74, 6) is 0. The molecule has 2 atom stereocenters. The molecule has 2 unspecified atom stereocenters. The van der Waals surface area contributed by atoms with Crippen LogP contribution in [0.3, 0.4) is 0 Å². The van der Waals surface area contributed by atoms with Crippen LogP contribution in [0.5, 0.6) is 0 Å². The van der Waals surface area contributed by atoms with E-state index in [1.165, 1.54) is 44.8 Å². The molecule has 0 aromatic heterocycles. The summed E-state index contributed by atoms with van der Waals surface area (Å²) in [6, 6.07) is 1.41. The summed E-state index contributed by atoms with van der Waals surface area (Å²) in [5, 5.41) is 0. The van der Waals surface area contributed by atoms with E-state index in [2.05, 4.69) is 18.7 Å². The van der Waals surface area contributed by atoms with Gasteiger partial charge >= 0.3 is 0 Å². The van der Waals surface area contributed by atoms with Gasteiger partial charge in [-0.25, -0.2) is 0 Å². The van der Waals surface area contributed by atoms with Gasteiger partial charge in [0.25, 0.3) is 0 Å². The van der Waals surface area contributed by atoms with Crippen LogP contribution in [0.25, 0.3) is 0 Å².